The molecule has 0 spiro atoms. The van der Waals surface area contributed by atoms with E-state index in [1.54, 1.807) is 18.2 Å². The van der Waals surface area contributed by atoms with Gasteiger partial charge in [0.2, 0.25) is 0 Å². The number of fused-ring (bicyclic) bond motifs is 3. The molecule has 2 aromatic carbocycles. The molecule has 4 rings (SSSR count). The molecule has 3 aromatic rings. The topological polar surface area (TPSA) is 59.3 Å². The van der Waals surface area contributed by atoms with E-state index in [0.29, 0.717) is 11.6 Å². The van der Waals surface area contributed by atoms with Crippen LogP contribution in [0.15, 0.2) is 51.8 Å². The highest BCUT2D eigenvalue weighted by Crippen LogP contribution is 2.35. The van der Waals surface area contributed by atoms with Crippen molar-refractivity contribution < 1.29 is 12.8 Å². The maximum Gasteiger partial charge on any atom is 0.261 e. The molecule has 0 saturated carbocycles. The first-order valence-corrected chi connectivity index (χ1v) is 11.3. The Bertz CT molecular complexity index is 1120. The van der Waals surface area contributed by atoms with E-state index in [9.17, 15) is 8.42 Å². The van der Waals surface area contributed by atoms with Gasteiger partial charge in [0, 0.05) is 23.1 Å². The number of nitrogens with one attached hydrogen (secondary N) is 1. The molecule has 1 heterocycles. The van der Waals surface area contributed by atoms with E-state index in [0.717, 1.165) is 41.6 Å². The number of aryl methyl sites for hydroxylation is 1. The Morgan fingerprint density at radius 1 is 1.07 bits per heavy atom. The zero-order valence-electron chi connectivity index (χ0n) is 16.9. The van der Waals surface area contributed by atoms with Crippen LogP contribution in [0.1, 0.15) is 51.0 Å². The molecule has 5 heteroatoms. The molecule has 0 radical (unpaired) electrons. The molecule has 0 amide bonds. The maximum absolute atomic E-state index is 12.8. The van der Waals surface area contributed by atoms with E-state index in [1.165, 1.54) is 5.56 Å². The first-order valence-electron chi connectivity index (χ1n) is 9.81. The third-order valence-electron chi connectivity index (χ3n) is 5.58. The smallest absolute Gasteiger partial charge is 0.261 e. The summed E-state index contributed by atoms with van der Waals surface area (Å²) in [6.07, 6.45) is 3.07. The molecular weight excluding hydrogens is 370 g/mol. The second kappa shape index (κ2) is 6.66. The lowest BCUT2D eigenvalue weighted by Crippen LogP contribution is -2.15. The lowest BCUT2D eigenvalue weighted by Gasteiger charge is -2.19. The molecule has 148 valence electrons. The Balaban J connectivity index is 1.63. The number of hydrogen-bond acceptors (Lipinski definition) is 3. The van der Waals surface area contributed by atoms with Crippen LogP contribution < -0.4 is 4.72 Å². The summed E-state index contributed by atoms with van der Waals surface area (Å²) in [7, 11) is -3.64. The Labute approximate surface area is 167 Å². The molecule has 1 N–H and O–H groups in total. The number of benzene rings is 2. The van der Waals surface area contributed by atoms with Gasteiger partial charge in [-0.3, -0.25) is 4.72 Å². The van der Waals surface area contributed by atoms with Gasteiger partial charge in [0.15, 0.2) is 0 Å². The second-order valence-electron chi connectivity index (χ2n) is 8.94. The van der Waals surface area contributed by atoms with Crippen molar-refractivity contribution >= 4 is 26.7 Å². The summed E-state index contributed by atoms with van der Waals surface area (Å²) < 4.78 is 34.4. The van der Waals surface area contributed by atoms with E-state index in [2.05, 4.69) is 32.4 Å². The fraction of sp³-hybridized carbons (Fsp3) is 0.391. The van der Waals surface area contributed by atoms with Crippen molar-refractivity contribution in [1.29, 1.82) is 0 Å². The highest BCUT2D eigenvalue weighted by molar-refractivity contribution is 7.92. The van der Waals surface area contributed by atoms with E-state index >= 15 is 0 Å². The van der Waals surface area contributed by atoms with Gasteiger partial charge in [0.25, 0.3) is 10.0 Å². The van der Waals surface area contributed by atoms with E-state index in [4.69, 9.17) is 4.42 Å². The van der Waals surface area contributed by atoms with Crippen LogP contribution in [-0.2, 0) is 28.3 Å². The van der Waals surface area contributed by atoms with E-state index in [1.807, 2.05) is 24.3 Å². The van der Waals surface area contributed by atoms with Crippen LogP contribution in [0.5, 0.6) is 0 Å². The molecular formula is C23H27NO3S. The lowest BCUT2D eigenvalue weighted by molar-refractivity contribution is 0.426. The monoisotopic (exact) mass is 397 g/mol. The lowest BCUT2D eigenvalue weighted by atomic mass is 9.87. The normalized spacial score (nSPS) is 17.5. The van der Waals surface area contributed by atoms with Gasteiger partial charge in [-0.15, -0.1) is 0 Å². The second-order valence-corrected chi connectivity index (χ2v) is 10.6. The molecule has 1 atom stereocenters. The average molecular weight is 398 g/mol. The Morgan fingerprint density at radius 3 is 2.46 bits per heavy atom. The SMILES string of the molecule is CC1CCc2c(oc3ccc(NS(=O)(=O)c4ccc(C(C)(C)C)cc4)cc23)C1. The predicted molar refractivity (Wildman–Crippen MR) is 113 cm³/mol. The highest BCUT2D eigenvalue weighted by atomic mass is 32.2. The fourth-order valence-electron chi connectivity index (χ4n) is 3.86. The highest BCUT2D eigenvalue weighted by Gasteiger charge is 2.23. The van der Waals surface area contributed by atoms with Crippen LogP contribution in [0, 0.1) is 5.92 Å². The van der Waals surface area contributed by atoms with Crippen LogP contribution in [0.2, 0.25) is 0 Å². The fourth-order valence-corrected chi connectivity index (χ4v) is 4.91. The first kappa shape index (κ1) is 19.1. The molecule has 0 saturated heterocycles. The molecule has 1 aliphatic rings. The van der Waals surface area contributed by atoms with Gasteiger partial charge in [-0.25, -0.2) is 8.42 Å². The zero-order chi connectivity index (χ0) is 20.1. The van der Waals surface area contributed by atoms with Gasteiger partial charge >= 0.3 is 0 Å². The van der Waals surface area contributed by atoms with Crippen molar-refractivity contribution in [3.8, 4) is 0 Å². The Hall–Kier alpha value is -2.27. The molecule has 1 aliphatic carbocycles. The van der Waals surface area contributed by atoms with E-state index in [-0.39, 0.29) is 10.3 Å². The van der Waals surface area contributed by atoms with Crippen LogP contribution >= 0.6 is 0 Å². The molecule has 0 aliphatic heterocycles. The van der Waals surface area contributed by atoms with Crippen molar-refractivity contribution in [1.82, 2.24) is 0 Å². The molecule has 4 nitrogen and oxygen atoms in total. The Kier molecular flexibility index (Phi) is 4.53. The number of furan rings is 1. The molecule has 28 heavy (non-hydrogen) atoms. The van der Waals surface area contributed by atoms with Crippen molar-refractivity contribution in [2.24, 2.45) is 5.92 Å². The largest absolute Gasteiger partial charge is 0.461 e. The van der Waals surface area contributed by atoms with Crippen LogP contribution in [0.4, 0.5) is 5.69 Å². The van der Waals surface area contributed by atoms with Crippen molar-refractivity contribution in [3.05, 3.63) is 59.4 Å². The van der Waals surface area contributed by atoms with Gasteiger partial charge in [-0.05, 0) is 60.1 Å². The summed E-state index contributed by atoms with van der Waals surface area (Å²) in [5.74, 6) is 1.67. The Morgan fingerprint density at radius 2 is 1.79 bits per heavy atom. The van der Waals surface area contributed by atoms with Gasteiger partial charge in [-0.1, -0.05) is 39.8 Å². The van der Waals surface area contributed by atoms with E-state index < -0.39 is 10.0 Å². The zero-order valence-corrected chi connectivity index (χ0v) is 17.7. The van der Waals surface area contributed by atoms with Crippen molar-refractivity contribution in [2.75, 3.05) is 4.72 Å². The third-order valence-corrected chi connectivity index (χ3v) is 6.98. The maximum atomic E-state index is 12.8. The number of sulfonamides is 1. The predicted octanol–water partition coefficient (Wildman–Crippen LogP) is 5.66. The first-order chi connectivity index (χ1) is 13.1. The van der Waals surface area contributed by atoms with Crippen molar-refractivity contribution in [3.63, 3.8) is 0 Å². The molecule has 1 unspecified atom stereocenters. The molecule has 1 aromatic heterocycles. The average Bonchev–Trinajstić information content (AvgIpc) is 2.97. The summed E-state index contributed by atoms with van der Waals surface area (Å²) in [6.45, 7) is 8.56. The minimum atomic E-state index is -3.64. The number of anilines is 1. The summed E-state index contributed by atoms with van der Waals surface area (Å²) in [5.41, 5.74) is 3.71. The minimum absolute atomic E-state index is 0.0152. The van der Waals surface area contributed by atoms with Crippen molar-refractivity contribution in [2.45, 2.75) is 57.3 Å². The summed E-state index contributed by atoms with van der Waals surface area (Å²) in [5, 5.41) is 1.02. The third kappa shape index (κ3) is 3.55. The van der Waals surface area contributed by atoms with Crippen LogP contribution in [-0.4, -0.2) is 8.42 Å². The number of rotatable bonds is 3. The summed E-state index contributed by atoms with van der Waals surface area (Å²) >= 11 is 0. The molecule has 0 bridgehead atoms. The van der Waals surface area contributed by atoms with Crippen LogP contribution in [0.3, 0.4) is 0 Å². The molecule has 0 fully saturated rings. The quantitative estimate of drug-likeness (QED) is 0.621. The van der Waals surface area contributed by atoms with Gasteiger partial charge in [0.05, 0.1) is 4.90 Å². The van der Waals surface area contributed by atoms with Gasteiger partial charge in [-0.2, -0.15) is 0 Å². The summed E-state index contributed by atoms with van der Waals surface area (Å²) in [6, 6.07) is 12.6. The van der Waals surface area contributed by atoms with Gasteiger partial charge < -0.3 is 4.42 Å². The summed E-state index contributed by atoms with van der Waals surface area (Å²) in [4.78, 5) is 0.267. The minimum Gasteiger partial charge on any atom is -0.461 e. The number of hydrogen-bond donors (Lipinski definition) is 1. The van der Waals surface area contributed by atoms with Crippen LogP contribution in [0.25, 0.3) is 11.0 Å². The van der Waals surface area contributed by atoms with Gasteiger partial charge in [0.1, 0.15) is 11.3 Å². The standard InChI is InChI=1S/C23H27NO3S/c1-15-5-11-19-20-14-17(8-12-21(20)27-22(19)13-15)24-28(25,26)18-9-6-16(7-10-18)23(2,3)4/h6-10,12,14-15,24H,5,11,13H2,1-4H3.